The summed E-state index contributed by atoms with van der Waals surface area (Å²) in [6.45, 7) is 0. The third-order valence-corrected chi connectivity index (χ3v) is 2.44. The molecule has 2 nitrogen and oxygen atoms in total. The molecule has 0 amide bonds. The molecule has 1 aromatic rings. The van der Waals surface area contributed by atoms with Gasteiger partial charge in [0.05, 0.1) is 11.4 Å². The van der Waals surface area contributed by atoms with Crippen molar-refractivity contribution < 1.29 is 0 Å². The molecule has 0 radical (unpaired) electrons. The van der Waals surface area contributed by atoms with Gasteiger partial charge in [-0.2, -0.15) is 0 Å². The Labute approximate surface area is 70.4 Å². The van der Waals surface area contributed by atoms with Crippen LogP contribution in [0.2, 0.25) is 0 Å². The fourth-order valence-electron chi connectivity index (χ4n) is 1.17. The van der Waals surface area contributed by atoms with Gasteiger partial charge in [0.2, 0.25) is 0 Å². The Hall–Kier alpha value is -0.830. The van der Waals surface area contributed by atoms with Crippen molar-refractivity contribution in [1.82, 2.24) is 0 Å². The van der Waals surface area contributed by atoms with Gasteiger partial charge in [-0.3, -0.25) is 0 Å². The largest absolute Gasteiger partial charge is 0.355 e. The first-order chi connectivity index (χ1) is 5.40. The lowest BCUT2D eigenvalue weighted by Gasteiger charge is -2.06. The minimum atomic E-state index is 0.340. The molecule has 0 spiro atoms. The number of rotatable bonds is 1. The molecule has 0 aromatic heterocycles. The molecule has 2 N–H and O–H groups in total. The van der Waals surface area contributed by atoms with Crippen molar-refractivity contribution in [3.8, 4) is 0 Å². The summed E-state index contributed by atoms with van der Waals surface area (Å²) in [5, 5.41) is 6.67. The molecule has 0 bridgehead atoms. The first-order valence-corrected chi connectivity index (χ1v) is 4.84. The average Bonchev–Trinajstić information content (AvgIpc) is 2.46. The highest BCUT2D eigenvalue weighted by Gasteiger charge is 2.16. The molecule has 0 aliphatic carbocycles. The minimum Gasteiger partial charge on any atom is -0.355 e. The summed E-state index contributed by atoms with van der Waals surface area (Å²) >= 11 is 1.77. The van der Waals surface area contributed by atoms with Crippen molar-refractivity contribution in [2.45, 2.75) is 5.50 Å². The standard InChI is InChI=1S/C8H10N2S/c1-11-8-9-6-4-2-3-5-7(6)10-8/h2-5,8-10H,1H3. The van der Waals surface area contributed by atoms with Crippen LogP contribution in [0.3, 0.4) is 0 Å². The van der Waals surface area contributed by atoms with Crippen molar-refractivity contribution >= 4 is 23.1 Å². The highest BCUT2D eigenvalue weighted by atomic mass is 32.2. The highest BCUT2D eigenvalue weighted by Crippen LogP contribution is 2.30. The van der Waals surface area contributed by atoms with Crippen LogP contribution < -0.4 is 10.6 Å². The number of anilines is 2. The summed E-state index contributed by atoms with van der Waals surface area (Å²) in [7, 11) is 0. The van der Waals surface area contributed by atoms with Crippen molar-refractivity contribution in [2.24, 2.45) is 0 Å². The van der Waals surface area contributed by atoms with Crippen LogP contribution in [0, 0.1) is 0 Å². The smallest absolute Gasteiger partial charge is 0.145 e. The van der Waals surface area contributed by atoms with Gasteiger partial charge in [-0.25, -0.2) is 0 Å². The van der Waals surface area contributed by atoms with E-state index in [9.17, 15) is 0 Å². The van der Waals surface area contributed by atoms with Crippen LogP contribution in [-0.4, -0.2) is 11.8 Å². The molecule has 0 unspecified atom stereocenters. The lowest BCUT2D eigenvalue weighted by Crippen LogP contribution is -2.16. The number of thioether (sulfide) groups is 1. The predicted octanol–water partition coefficient (Wildman–Crippen LogP) is 2.17. The molecular formula is C8H10N2S. The third kappa shape index (κ3) is 1.16. The molecule has 2 rings (SSSR count). The van der Waals surface area contributed by atoms with E-state index in [2.05, 4.69) is 29.0 Å². The molecule has 58 valence electrons. The topological polar surface area (TPSA) is 24.1 Å². The van der Waals surface area contributed by atoms with Gasteiger partial charge in [-0.15, -0.1) is 11.8 Å². The second kappa shape index (κ2) is 2.66. The Kier molecular flexibility index (Phi) is 1.66. The molecule has 1 aliphatic rings. The quantitative estimate of drug-likeness (QED) is 0.668. The molecule has 1 heterocycles. The number of hydrogen-bond donors (Lipinski definition) is 2. The monoisotopic (exact) mass is 166 g/mol. The van der Waals surface area contributed by atoms with Gasteiger partial charge in [0.15, 0.2) is 0 Å². The molecule has 1 aliphatic heterocycles. The normalized spacial score (nSPS) is 15.4. The van der Waals surface area contributed by atoms with Gasteiger partial charge in [0, 0.05) is 0 Å². The van der Waals surface area contributed by atoms with Crippen LogP contribution in [-0.2, 0) is 0 Å². The van der Waals surface area contributed by atoms with Crippen LogP contribution in [0.15, 0.2) is 24.3 Å². The van der Waals surface area contributed by atoms with Crippen LogP contribution in [0.4, 0.5) is 11.4 Å². The Balaban J connectivity index is 2.27. The number of fused-ring (bicyclic) bond motifs is 1. The van der Waals surface area contributed by atoms with Gasteiger partial charge in [0.1, 0.15) is 5.50 Å². The Bertz CT molecular complexity index is 237. The van der Waals surface area contributed by atoms with Crippen molar-refractivity contribution in [3.05, 3.63) is 24.3 Å². The Morgan fingerprint density at radius 2 is 1.73 bits per heavy atom. The number of benzene rings is 1. The lowest BCUT2D eigenvalue weighted by atomic mass is 10.3. The number of nitrogens with one attached hydrogen (secondary N) is 2. The second-order valence-electron chi connectivity index (χ2n) is 2.45. The molecule has 0 saturated heterocycles. The van der Waals surface area contributed by atoms with E-state index in [0.29, 0.717) is 5.50 Å². The van der Waals surface area contributed by atoms with Gasteiger partial charge in [0.25, 0.3) is 0 Å². The van der Waals surface area contributed by atoms with E-state index >= 15 is 0 Å². The first-order valence-electron chi connectivity index (χ1n) is 3.55. The Morgan fingerprint density at radius 1 is 1.18 bits per heavy atom. The lowest BCUT2D eigenvalue weighted by molar-refractivity contribution is 1.21. The SMILES string of the molecule is CSC1Nc2ccccc2N1. The van der Waals surface area contributed by atoms with Crippen molar-refractivity contribution in [1.29, 1.82) is 0 Å². The van der Waals surface area contributed by atoms with Crippen LogP contribution in [0.5, 0.6) is 0 Å². The van der Waals surface area contributed by atoms with Gasteiger partial charge >= 0.3 is 0 Å². The van der Waals surface area contributed by atoms with Crippen LogP contribution in [0.25, 0.3) is 0 Å². The van der Waals surface area contributed by atoms with Gasteiger partial charge in [-0.1, -0.05) is 12.1 Å². The summed E-state index contributed by atoms with van der Waals surface area (Å²) in [5.74, 6) is 0. The summed E-state index contributed by atoms with van der Waals surface area (Å²) < 4.78 is 0. The minimum absolute atomic E-state index is 0.340. The van der Waals surface area contributed by atoms with Gasteiger partial charge < -0.3 is 10.6 Å². The molecule has 11 heavy (non-hydrogen) atoms. The van der Waals surface area contributed by atoms with E-state index < -0.39 is 0 Å². The Morgan fingerprint density at radius 3 is 2.18 bits per heavy atom. The fourth-order valence-corrected chi connectivity index (χ4v) is 1.66. The summed E-state index contributed by atoms with van der Waals surface area (Å²) in [5.41, 5.74) is 2.74. The summed E-state index contributed by atoms with van der Waals surface area (Å²) in [4.78, 5) is 0. The zero-order valence-electron chi connectivity index (χ0n) is 6.29. The van der Waals surface area contributed by atoms with E-state index in [0.717, 1.165) is 0 Å². The van der Waals surface area contributed by atoms with E-state index in [1.165, 1.54) is 11.4 Å². The van der Waals surface area contributed by atoms with Crippen LogP contribution in [0.1, 0.15) is 0 Å². The second-order valence-corrected chi connectivity index (χ2v) is 3.39. The van der Waals surface area contributed by atoms with Crippen molar-refractivity contribution in [3.63, 3.8) is 0 Å². The molecule has 0 atom stereocenters. The van der Waals surface area contributed by atoms with E-state index in [1.54, 1.807) is 11.8 Å². The number of para-hydroxylation sites is 2. The predicted molar refractivity (Wildman–Crippen MR) is 51.0 cm³/mol. The van der Waals surface area contributed by atoms with E-state index in [4.69, 9.17) is 0 Å². The third-order valence-electron chi connectivity index (χ3n) is 1.74. The first kappa shape index (κ1) is 6.85. The van der Waals surface area contributed by atoms with E-state index in [1.807, 2.05) is 12.1 Å². The highest BCUT2D eigenvalue weighted by molar-refractivity contribution is 7.99. The average molecular weight is 166 g/mol. The fraction of sp³-hybridized carbons (Fsp3) is 0.250. The molecule has 0 saturated carbocycles. The number of hydrogen-bond acceptors (Lipinski definition) is 3. The van der Waals surface area contributed by atoms with Gasteiger partial charge in [-0.05, 0) is 18.4 Å². The molecule has 3 heteroatoms. The maximum absolute atomic E-state index is 3.34. The zero-order chi connectivity index (χ0) is 7.68. The maximum Gasteiger partial charge on any atom is 0.145 e. The van der Waals surface area contributed by atoms with Crippen molar-refractivity contribution in [2.75, 3.05) is 16.9 Å². The molecule has 1 aromatic carbocycles. The summed E-state index contributed by atoms with van der Waals surface area (Å²) in [6, 6.07) is 8.24. The summed E-state index contributed by atoms with van der Waals surface area (Å²) in [6.07, 6.45) is 2.08. The maximum atomic E-state index is 3.34. The van der Waals surface area contributed by atoms with E-state index in [-0.39, 0.29) is 0 Å². The molecule has 0 fully saturated rings. The van der Waals surface area contributed by atoms with Crippen LogP contribution >= 0.6 is 11.8 Å². The zero-order valence-corrected chi connectivity index (χ0v) is 7.11. The molecular weight excluding hydrogens is 156 g/mol.